The molecule has 1 saturated heterocycles. The van der Waals surface area contributed by atoms with E-state index >= 15 is 0 Å². The zero-order valence-corrected chi connectivity index (χ0v) is 12.6. The molecule has 1 fully saturated rings. The molecule has 1 aliphatic heterocycles. The van der Waals surface area contributed by atoms with Crippen LogP contribution in [0.25, 0.3) is 0 Å². The first kappa shape index (κ1) is 15.1. The molecule has 23 heavy (non-hydrogen) atoms. The predicted molar refractivity (Wildman–Crippen MR) is 79.6 cm³/mol. The van der Waals surface area contributed by atoms with Crippen molar-refractivity contribution in [2.45, 2.75) is 18.9 Å². The molecule has 1 unspecified atom stereocenters. The van der Waals surface area contributed by atoms with E-state index in [1.807, 2.05) is 0 Å². The highest BCUT2D eigenvalue weighted by atomic mass is 16.5. The maximum absolute atomic E-state index is 12.3. The first-order valence-electron chi connectivity index (χ1n) is 7.27. The molecule has 0 aliphatic carbocycles. The lowest BCUT2D eigenvalue weighted by Gasteiger charge is -2.32. The summed E-state index contributed by atoms with van der Waals surface area (Å²) in [5, 5.41) is 7.77. The van der Waals surface area contributed by atoms with E-state index < -0.39 is 5.69 Å². The average Bonchev–Trinajstić information content (AvgIpc) is 3.01. The largest absolute Gasteiger partial charge is 0.480 e. The lowest BCUT2D eigenvalue weighted by atomic mass is 10.1. The van der Waals surface area contributed by atoms with Gasteiger partial charge in [0.2, 0.25) is 11.8 Å². The monoisotopic (exact) mass is 319 g/mol. The highest BCUT2D eigenvalue weighted by Crippen LogP contribution is 2.18. The van der Waals surface area contributed by atoms with Gasteiger partial charge in [0.1, 0.15) is 11.8 Å². The third kappa shape index (κ3) is 3.50. The number of H-pyrrole nitrogens is 2. The fraction of sp³-hybridized carbons (Fsp3) is 0.429. The van der Waals surface area contributed by atoms with Crippen LogP contribution in [0.4, 0.5) is 0 Å². The molecule has 1 atom stereocenters. The van der Waals surface area contributed by atoms with Gasteiger partial charge in [-0.25, -0.2) is 4.79 Å². The van der Waals surface area contributed by atoms with Gasteiger partial charge in [0, 0.05) is 24.9 Å². The Hall–Kier alpha value is -2.84. The van der Waals surface area contributed by atoms with Crippen molar-refractivity contribution in [3.05, 3.63) is 34.5 Å². The first-order valence-corrected chi connectivity index (χ1v) is 7.27. The van der Waals surface area contributed by atoms with Crippen LogP contribution in [0.5, 0.6) is 11.8 Å². The molecule has 1 aliphatic rings. The number of imidazole rings is 1. The molecule has 0 spiro atoms. The Morgan fingerprint density at radius 3 is 2.78 bits per heavy atom. The Balaban J connectivity index is 1.63. The Kier molecular flexibility index (Phi) is 4.26. The molecule has 9 nitrogen and oxygen atoms in total. The van der Waals surface area contributed by atoms with Crippen LogP contribution in [0.3, 0.4) is 0 Å². The average molecular weight is 319 g/mol. The molecule has 2 N–H and O–H groups in total. The minimum absolute atomic E-state index is 0.166. The summed E-state index contributed by atoms with van der Waals surface area (Å²) in [5.41, 5.74) is -0.147. The van der Waals surface area contributed by atoms with Crippen molar-refractivity contribution in [2.75, 3.05) is 20.2 Å². The molecule has 0 bridgehead atoms. The first-order chi connectivity index (χ1) is 11.2. The van der Waals surface area contributed by atoms with Crippen molar-refractivity contribution in [3.8, 4) is 11.8 Å². The number of piperidine rings is 1. The summed E-state index contributed by atoms with van der Waals surface area (Å²) < 4.78 is 10.7. The van der Waals surface area contributed by atoms with E-state index in [0.717, 1.165) is 12.8 Å². The van der Waals surface area contributed by atoms with E-state index in [4.69, 9.17) is 9.47 Å². The molecule has 1 amide bonds. The molecular weight excluding hydrogens is 302 g/mol. The highest BCUT2D eigenvalue weighted by molar-refractivity contribution is 5.92. The number of aromatic nitrogens is 4. The van der Waals surface area contributed by atoms with Crippen molar-refractivity contribution < 1.29 is 14.3 Å². The van der Waals surface area contributed by atoms with E-state index in [1.54, 1.807) is 17.0 Å². The highest BCUT2D eigenvalue weighted by Gasteiger charge is 2.26. The number of hydrogen-bond donors (Lipinski definition) is 2. The van der Waals surface area contributed by atoms with Crippen molar-refractivity contribution in [3.63, 3.8) is 0 Å². The van der Waals surface area contributed by atoms with Crippen LogP contribution < -0.4 is 15.2 Å². The van der Waals surface area contributed by atoms with Gasteiger partial charge in [-0.2, -0.15) is 0 Å². The van der Waals surface area contributed by atoms with Crippen LogP contribution in [-0.4, -0.2) is 57.3 Å². The van der Waals surface area contributed by atoms with Crippen molar-refractivity contribution in [2.24, 2.45) is 0 Å². The van der Waals surface area contributed by atoms with E-state index in [1.165, 1.54) is 13.3 Å². The Morgan fingerprint density at radius 1 is 1.35 bits per heavy atom. The summed E-state index contributed by atoms with van der Waals surface area (Å²) in [7, 11) is 1.51. The van der Waals surface area contributed by atoms with Gasteiger partial charge in [0.05, 0.1) is 13.7 Å². The third-order valence-corrected chi connectivity index (χ3v) is 3.60. The standard InChI is InChI=1S/C14H17N5O4/c1-22-11-4-5-12(18-17-11)23-9-3-2-6-19(8-9)13(20)10-7-15-14(21)16-10/h4-5,7,9H,2-3,6,8H2,1H3,(H2,15,16,21). The molecule has 3 heterocycles. The van der Waals surface area contributed by atoms with Crippen molar-refractivity contribution in [1.29, 1.82) is 0 Å². The molecule has 9 heteroatoms. The summed E-state index contributed by atoms with van der Waals surface area (Å²) in [6.07, 6.45) is 2.85. The maximum Gasteiger partial charge on any atom is 0.323 e. The molecule has 0 radical (unpaired) electrons. The van der Waals surface area contributed by atoms with E-state index in [9.17, 15) is 9.59 Å². The molecule has 3 rings (SSSR count). The SMILES string of the molecule is COc1ccc(OC2CCCN(C(=O)c3c[nH]c(=O)[nH]3)C2)nn1. The van der Waals surface area contributed by atoms with Crippen LogP contribution in [0.15, 0.2) is 23.1 Å². The second kappa shape index (κ2) is 6.51. The lowest BCUT2D eigenvalue weighted by Crippen LogP contribution is -2.44. The van der Waals surface area contributed by atoms with Crippen LogP contribution in [0.2, 0.25) is 0 Å². The molecular formula is C14H17N5O4. The van der Waals surface area contributed by atoms with Gasteiger partial charge in [-0.1, -0.05) is 0 Å². The number of likely N-dealkylation sites (tertiary alicyclic amines) is 1. The number of methoxy groups -OCH3 is 1. The minimum atomic E-state index is -0.397. The summed E-state index contributed by atoms with van der Waals surface area (Å²) >= 11 is 0. The number of amides is 1. The van der Waals surface area contributed by atoms with Crippen LogP contribution in [0.1, 0.15) is 23.3 Å². The lowest BCUT2D eigenvalue weighted by molar-refractivity contribution is 0.0520. The fourth-order valence-electron chi connectivity index (χ4n) is 2.49. The van der Waals surface area contributed by atoms with Crippen LogP contribution in [0, 0.1) is 0 Å². The quantitative estimate of drug-likeness (QED) is 0.831. The van der Waals surface area contributed by atoms with Gasteiger partial charge >= 0.3 is 5.69 Å². The summed E-state index contributed by atoms with van der Waals surface area (Å²) in [6, 6.07) is 3.34. The number of nitrogens with one attached hydrogen (secondary N) is 2. The summed E-state index contributed by atoms with van der Waals surface area (Å²) in [5.74, 6) is 0.576. The minimum Gasteiger partial charge on any atom is -0.480 e. The molecule has 2 aromatic rings. The van der Waals surface area contributed by atoms with Crippen LogP contribution >= 0.6 is 0 Å². The van der Waals surface area contributed by atoms with Gasteiger partial charge in [-0.15, -0.1) is 10.2 Å². The number of nitrogens with zero attached hydrogens (tertiary/aromatic N) is 3. The third-order valence-electron chi connectivity index (χ3n) is 3.60. The van der Waals surface area contributed by atoms with Gasteiger partial charge in [-0.3, -0.25) is 4.79 Å². The Morgan fingerprint density at radius 2 is 2.13 bits per heavy atom. The van der Waals surface area contributed by atoms with Crippen molar-refractivity contribution in [1.82, 2.24) is 25.1 Å². The zero-order valence-electron chi connectivity index (χ0n) is 12.6. The van der Waals surface area contributed by atoms with Gasteiger partial charge in [0.15, 0.2) is 0 Å². The number of carbonyl (C=O) groups excluding carboxylic acids is 1. The molecule has 0 saturated carbocycles. The zero-order chi connectivity index (χ0) is 16.2. The predicted octanol–water partition coefficient (Wildman–Crippen LogP) is 0.185. The van der Waals surface area contributed by atoms with E-state index in [0.29, 0.717) is 24.8 Å². The van der Waals surface area contributed by atoms with Gasteiger partial charge in [-0.05, 0) is 12.8 Å². The number of aromatic amines is 2. The van der Waals surface area contributed by atoms with Crippen LogP contribution in [-0.2, 0) is 0 Å². The summed E-state index contributed by atoms with van der Waals surface area (Å²) in [6.45, 7) is 1.06. The smallest absolute Gasteiger partial charge is 0.323 e. The topological polar surface area (TPSA) is 113 Å². The molecule has 122 valence electrons. The number of hydrogen-bond acceptors (Lipinski definition) is 6. The molecule has 0 aromatic carbocycles. The fourth-order valence-corrected chi connectivity index (χ4v) is 2.49. The number of ether oxygens (including phenoxy) is 2. The van der Waals surface area contributed by atoms with Gasteiger partial charge < -0.3 is 24.3 Å². The normalized spacial score (nSPS) is 17.8. The Labute approximate surface area is 131 Å². The van der Waals surface area contributed by atoms with Gasteiger partial charge in [0.25, 0.3) is 5.91 Å². The second-order valence-corrected chi connectivity index (χ2v) is 5.20. The summed E-state index contributed by atoms with van der Waals surface area (Å²) in [4.78, 5) is 30.0. The van der Waals surface area contributed by atoms with E-state index in [-0.39, 0.29) is 17.7 Å². The number of carbonyl (C=O) groups is 1. The van der Waals surface area contributed by atoms with E-state index in [2.05, 4.69) is 20.2 Å². The number of rotatable bonds is 4. The second-order valence-electron chi connectivity index (χ2n) is 5.20. The Bertz CT molecular complexity index is 723. The van der Waals surface area contributed by atoms with Crippen molar-refractivity contribution >= 4 is 5.91 Å². The maximum atomic E-state index is 12.3. The molecule has 2 aromatic heterocycles.